The molecule has 0 bridgehead atoms. The van der Waals surface area contributed by atoms with Crippen molar-refractivity contribution in [2.24, 2.45) is 5.92 Å². The molecule has 18 heavy (non-hydrogen) atoms. The first-order valence-corrected chi connectivity index (χ1v) is 6.06. The van der Waals surface area contributed by atoms with Crippen LogP contribution in [0.2, 0.25) is 0 Å². The maximum Gasteiger partial charge on any atom is 0.174 e. The highest BCUT2D eigenvalue weighted by molar-refractivity contribution is 5.38. The summed E-state index contributed by atoms with van der Waals surface area (Å²) in [6, 6.07) is 1.92. The Kier molecular flexibility index (Phi) is 5.62. The molecule has 1 rings (SSSR count). The lowest BCUT2D eigenvalue weighted by Gasteiger charge is -2.21. The molecule has 0 aromatic carbocycles. The lowest BCUT2D eigenvalue weighted by molar-refractivity contribution is -0.0945. The molecule has 103 valence electrons. The van der Waals surface area contributed by atoms with Crippen molar-refractivity contribution in [3.63, 3.8) is 0 Å². The average Bonchev–Trinajstić information content (AvgIpc) is 2.84. The molecule has 0 spiro atoms. The van der Waals surface area contributed by atoms with Gasteiger partial charge in [-0.3, -0.25) is 0 Å². The highest BCUT2D eigenvalue weighted by Crippen LogP contribution is 2.26. The first kappa shape index (κ1) is 15.0. The summed E-state index contributed by atoms with van der Waals surface area (Å²) in [6.45, 7) is 8.87. The number of nitrogens with zero attached hydrogens (tertiary/aromatic N) is 2. The van der Waals surface area contributed by atoms with Crippen LogP contribution in [0.15, 0.2) is 10.6 Å². The Bertz CT molecular complexity index is 348. The molecule has 1 radical (unpaired) electrons. The molecule has 1 heterocycles. The third kappa shape index (κ3) is 3.71. The van der Waals surface area contributed by atoms with Crippen LogP contribution in [0.4, 0.5) is 5.82 Å². The molecule has 0 saturated carbocycles. The first-order valence-electron chi connectivity index (χ1n) is 6.06. The summed E-state index contributed by atoms with van der Waals surface area (Å²) in [4.78, 5) is 1.93. The topological polar surface area (TPSA) is 47.7 Å². The Morgan fingerprint density at radius 3 is 2.50 bits per heavy atom. The van der Waals surface area contributed by atoms with Crippen molar-refractivity contribution < 1.29 is 14.0 Å². The average molecular weight is 255 g/mol. The minimum Gasteiger partial charge on any atom is -0.359 e. The van der Waals surface area contributed by atoms with E-state index in [9.17, 15) is 0 Å². The fourth-order valence-electron chi connectivity index (χ4n) is 1.53. The molecule has 0 aliphatic carbocycles. The van der Waals surface area contributed by atoms with Crippen LogP contribution in [0, 0.1) is 12.8 Å². The van der Waals surface area contributed by atoms with E-state index >= 15 is 0 Å². The van der Waals surface area contributed by atoms with Crippen LogP contribution in [-0.4, -0.2) is 39.3 Å². The van der Waals surface area contributed by atoms with Crippen LogP contribution in [0.25, 0.3) is 0 Å². The Morgan fingerprint density at radius 2 is 2.00 bits per heavy atom. The second-order valence-electron chi connectivity index (χ2n) is 4.72. The van der Waals surface area contributed by atoms with Crippen molar-refractivity contribution in [3.05, 3.63) is 18.8 Å². The summed E-state index contributed by atoms with van der Waals surface area (Å²) in [5, 5.41) is 4.04. The van der Waals surface area contributed by atoms with Gasteiger partial charge in [-0.15, -0.1) is 0 Å². The largest absolute Gasteiger partial charge is 0.359 e. The van der Waals surface area contributed by atoms with E-state index in [1.165, 1.54) is 0 Å². The third-order valence-electron chi connectivity index (χ3n) is 3.03. The predicted molar refractivity (Wildman–Crippen MR) is 70.5 cm³/mol. The van der Waals surface area contributed by atoms with Gasteiger partial charge >= 0.3 is 0 Å². The van der Waals surface area contributed by atoms with E-state index in [-0.39, 0.29) is 12.2 Å². The van der Waals surface area contributed by atoms with Crippen LogP contribution in [0.3, 0.4) is 0 Å². The quantitative estimate of drug-likeness (QED) is 0.700. The first-order chi connectivity index (χ1) is 8.49. The summed E-state index contributed by atoms with van der Waals surface area (Å²) < 4.78 is 15.6. The van der Waals surface area contributed by atoms with Crippen molar-refractivity contribution in [3.8, 4) is 0 Å². The number of hydrogen-bond donors (Lipinski definition) is 0. The van der Waals surface area contributed by atoms with Crippen LogP contribution in [0.1, 0.15) is 25.5 Å². The van der Waals surface area contributed by atoms with Crippen molar-refractivity contribution in [2.75, 3.05) is 32.7 Å². The highest BCUT2D eigenvalue weighted by atomic mass is 16.7. The minimum absolute atomic E-state index is 0.111. The van der Waals surface area contributed by atoms with Gasteiger partial charge in [0.2, 0.25) is 0 Å². The second-order valence-corrected chi connectivity index (χ2v) is 4.72. The molecular formula is C13H23N2O3. The smallest absolute Gasteiger partial charge is 0.174 e. The summed E-state index contributed by atoms with van der Waals surface area (Å²) in [6.07, 6.45) is -0.282. The van der Waals surface area contributed by atoms with Gasteiger partial charge in [0, 0.05) is 33.3 Å². The third-order valence-corrected chi connectivity index (χ3v) is 3.03. The number of hydrogen-bond acceptors (Lipinski definition) is 5. The maximum atomic E-state index is 5.32. The maximum absolute atomic E-state index is 5.32. The zero-order chi connectivity index (χ0) is 13.7. The summed E-state index contributed by atoms with van der Waals surface area (Å²) in [5.41, 5.74) is 0. The highest BCUT2D eigenvalue weighted by Gasteiger charge is 2.18. The fourth-order valence-corrected chi connectivity index (χ4v) is 1.53. The minimum atomic E-state index is -0.282. The van der Waals surface area contributed by atoms with Crippen LogP contribution in [0.5, 0.6) is 0 Å². The molecule has 0 fully saturated rings. The molecule has 1 aromatic heterocycles. The van der Waals surface area contributed by atoms with Crippen molar-refractivity contribution in [1.82, 2.24) is 5.16 Å². The van der Waals surface area contributed by atoms with Crippen LogP contribution < -0.4 is 4.90 Å². The number of methoxy groups -OCH3 is 2. The van der Waals surface area contributed by atoms with Gasteiger partial charge in [-0.25, -0.2) is 0 Å². The van der Waals surface area contributed by atoms with Gasteiger partial charge in [0.25, 0.3) is 0 Å². The standard InChI is InChI=1S/C13H23N2O3/c1-9(2)10(3)11-7-12(14-18-11)15(4)8-13(16-5)17-6/h7,9-10,13H,3,8H2,1-2,4-6H3/t10-/m0/s1. The van der Waals surface area contributed by atoms with Gasteiger partial charge in [0.1, 0.15) is 5.76 Å². The number of likely N-dealkylation sites (N-methyl/N-ethyl adjacent to an activating group) is 1. The molecular weight excluding hydrogens is 232 g/mol. The van der Waals surface area contributed by atoms with E-state index in [0.717, 1.165) is 11.6 Å². The van der Waals surface area contributed by atoms with Crippen molar-refractivity contribution in [2.45, 2.75) is 26.1 Å². The zero-order valence-electron chi connectivity index (χ0n) is 11.8. The van der Waals surface area contributed by atoms with Gasteiger partial charge < -0.3 is 18.9 Å². The molecule has 5 heteroatoms. The molecule has 0 unspecified atom stereocenters. The summed E-state index contributed by atoms with van der Waals surface area (Å²) in [5.74, 6) is 2.10. The van der Waals surface area contributed by atoms with E-state index in [0.29, 0.717) is 12.5 Å². The van der Waals surface area contributed by atoms with Gasteiger partial charge in [-0.2, -0.15) is 0 Å². The Labute approximate surface area is 109 Å². The zero-order valence-corrected chi connectivity index (χ0v) is 11.8. The van der Waals surface area contributed by atoms with Crippen LogP contribution >= 0.6 is 0 Å². The SMILES string of the molecule is [CH2][C@H](c1cc(N(C)CC(OC)OC)no1)C(C)C. The molecule has 0 aliphatic heterocycles. The Balaban J connectivity index is 2.67. The number of ether oxygens (including phenoxy) is 2. The molecule has 5 nitrogen and oxygen atoms in total. The fraction of sp³-hybridized carbons (Fsp3) is 0.692. The monoisotopic (exact) mass is 255 g/mol. The number of anilines is 1. The van der Waals surface area contributed by atoms with E-state index in [1.807, 2.05) is 18.0 Å². The lowest BCUT2D eigenvalue weighted by atomic mass is 9.96. The normalized spacial score (nSPS) is 13.3. The Hall–Kier alpha value is -1.07. The molecule has 0 aliphatic rings. The van der Waals surface area contributed by atoms with Gasteiger partial charge in [0.15, 0.2) is 12.1 Å². The van der Waals surface area contributed by atoms with E-state index in [2.05, 4.69) is 25.9 Å². The van der Waals surface area contributed by atoms with E-state index in [4.69, 9.17) is 14.0 Å². The molecule has 0 saturated heterocycles. The lowest BCUT2D eigenvalue weighted by Crippen LogP contribution is -2.31. The second kappa shape index (κ2) is 6.75. The number of aromatic nitrogens is 1. The van der Waals surface area contributed by atoms with E-state index < -0.39 is 0 Å². The molecule has 1 aromatic rings. The Morgan fingerprint density at radius 1 is 1.39 bits per heavy atom. The number of rotatable bonds is 7. The molecule has 1 atom stereocenters. The predicted octanol–water partition coefficient (Wildman–Crippen LogP) is 2.30. The van der Waals surface area contributed by atoms with Crippen LogP contribution in [-0.2, 0) is 9.47 Å². The van der Waals surface area contributed by atoms with Gasteiger partial charge in [-0.1, -0.05) is 19.0 Å². The van der Waals surface area contributed by atoms with E-state index in [1.54, 1.807) is 14.2 Å². The van der Waals surface area contributed by atoms with Gasteiger partial charge in [0.05, 0.1) is 6.54 Å². The summed E-state index contributed by atoms with van der Waals surface area (Å²) >= 11 is 0. The molecule has 0 amide bonds. The summed E-state index contributed by atoms with van der Waals surface area (Å²) in [7, 11) is 5.14. The molecule has 0 N–H and O–H groups in total. The van der Waals surface area contributed by atoms with Crippen molar-refractivity contribution in [1.29, 1.82) is 0 Å². The van der Waals surface area contributed by atoms with Gasteiger partial charge in [-0.05, 0) is 12.8 Å². The van der Waals surface area contributed by atoms with Crippen molar-refractivity contribution >= 4 is 5.82 Å².